The van der Waals surface area contributed by atoms with Gasteiger partial charge in [-0.05, 0) is 35.4 Å². The minimum absolute atomic E-state index is 0.172. The molecule has 0 aliphatic heterocycles. The van der Waals surface area contributed by atoms with E-state index >= 15 is 0 Å². The van der Waals surface area contributed by atoms with Crippen molar-refractivity contribution in [3.63, 3.8) is 0 Å². The summed E-state index contributed by atoms with van der Waals surface area (Å²) in [4.78, 5) is 10.6. The summed E-state index contributed by atoms with van der Waals surface area (Å²) in [5, 5.41) is 8.69. The standard InChI is InChI=1S/C14H10F2O2/c15-11-4-2-10(3-5-11)12-7-9(8-14(17)18)1-6-13(12)16/h1-7H,8H2,(H,17,18). The second-order valence-electron chi connectivity index (χ2n) is 3.89. The zero-order valence-corrected chi connectivity index (χ0v) is 9.36. The van der Waals surface area contributed by atoms with Crippen molar-refractivity contribution < 1.29 is 18.7 Å². The fraction of sp³-hybridized carbons (Fsp3) is 0.0714. The molecule has 92 valence electrons. The Bertz CT molecular complexity index is 577. The van der Waals surface area contributed by atoms with E-state index in [1.165, 1.54) is 42.5 Å². The van der Waals surface area contributed by atoms with Gasteiger partial charge in [0.1, 0.15) is 11.6 Å². The number of carboxylic acid groups (broad SMARTS) is 1. The first-order valence-electron chi connectivity index (χ1n) is 5.32. The molecule has 0 heterocycles. The molecule has 0 aromatic heterocycles. The molecule has 0 aliphatic rings. The van der Waals surface area contributed by atoms with E-state index < -0.39 is 17.6 Å². The molecule has 0 unspecified atom stereocenters. The minimum atomic E-state index is -0.980. The van der Waals surface area contributed by atoms with Crippen LogP contribution >= 0.6 is 0 Å². The SMILES string of the molecule is O=C(O)Cc1ccc(F)c(-c2ccc(F)cc2)c1. The molecule has 0 aliphatic carbocycles. The van der Waals surface area contributed by atoms with Gasteiger partial charge in [0.05, 0.1) is 6.42 Å². The largest absolute Gasteiger partial charge is 0.481 e. The zero-order chi connectivity index (χ0) is 13.1. The molecule has 2 rings (SSSR count). The van der Waals surface area contributed by atoms with Gasteiger partial charge in [0.25, 0.3) is 0 Å². The molecule has 0 atom stereocenters. The Labute approximate surface area is 103 Å². The van der Waals surface area contributed by atoms with Crippen LogP contribution in [0.5, 0.6) is 0 Å². The van der Waals surface area contributed by atoms with Crippen LogP contribution in [0.15, 0.2) is 42.5 Å². The molecule has 0 fully saturated rings. The summed E-state index contributed by atoms with van der Waals surface area (Å²) in [6.07, 6.45) is -0.172. The first-order valence-corrected chi connectivity index (χ1v) is 5.32. The fourth-order valence-electron chi connectivity index (χ4n) is 1.71. The molecule has 0 saturated carbocycles. The molecule has 0 bridgehead atoms. The molecule has 2 nitrogen and oxygen atoms in total. The Morgan fingerprint density at radius 1 is 1.06 bits per heavy atom. The van der Waals surface area contributed by atoms with Crippen molar-refractivity contribution in [3.8, 4) is 11.1 Å². The first kappa shape index (κ1) is 12.2. The van der Waals surface area contributed by atoms with Crippen LogP contribution in [0.25, 0.3) is 11.1 Å². The number of benzene rings is 2. The summed E-state index contributed by atoms with van der Waals surface area (Å²) in [6, 6.07) is 9.50. The first-order chi connectivity index (χ1) is 8.56. The number of halogens is 2. The molecular weight excluding hydrogens is 238 g/mol. The van der Waals surface area contributed by atoms with Gasteiger partial charge in [0.15, 0.2) is 0 Å². The highest BCUT2D eigenvalue weighted by Gasteiger charge is 2.08. The lowest BCUT2D eigenvalue weighted by molar-refractivity contribution is -0.136. The summed E-state index contributed by atoms with van der Waals surface area (Å²) in [6.45, 7) is 0. The number of hydrogen-bond acceptors (Lipinski definition) is 1. The van der Waals surface area contributed by atoms with Crippen molar-refractivity contribution in [1.82, 2.24) is 0 Å². The fourth-order valence-corrected chi connectivity index (χ4v) is 1.71. The molecule has 0 spiro atoms. The predicted octanol–water partition coefficient (Wildman–Crippen LogP) is 3.26. The third-order valence-corrected chi connectivity index (χ3v) is 2.54. The van der Waals surface area contributed by atoms with E-state index in [4.69, 9.17) is 5.11 Å². The normalized spacial score (nSPS) is 10.3. The van der Waals surface area contributed by atoms with Gasteiger partial charge in [-0.25, -0.2) is 8.78 Å². The van der Waals surface area contributed by atoms with Gasteiger partial charge in [-0.3, -0.25) is 4.79 Å². The smallest absolute Gasteiger partial charge is 0.307 e. The monoisotopic (exact) mass is 248 g/mol. The summed E-state index contributed by atoms with van der Waals surface area (Å²) in [7, 11) is 0. The second kappa shape index (κ2) is 4.96. The van der Waals surface area contributed by atoms with E-state index in [0.29, 0.717) is 11.1 Å². The lowest BCUT2D eigenvalue weighted by Crippen LogP contribution is -2.00. The van der Waals surface area contributed by atoms with Crippen molar-refractivity contribution in [2.24, 2.45) is 0 Å². The Morgan fingerprint density at radius 2 is 1.72 bits per heavy atom. The van der Waals surface area contributed by atoms with Crippen LogP contribution in [0.4, 0.5) is 8.78 Å². The van der Waals surface area contributed by atoms with Crippen LogP contribution in [-0.2, 0) is 11.2 Å². The van der Waals surface area contributed by atoms with Crippen LogP contribution in [0.2, 0.25) is 0 Å². The molecule has 18 heavy (non-hydrogen) atoms. The van der Waals surface area contributed by atoms with Gasteiger partial charge in [-0.2, -0.15) is 0 Å². The Hall–Kier alpha value is -2.23. The summed E-state index contributed by atoms with van der Waals surface area (Å²) < 4.78 is 26.4. The zero-order valence-electron chi connectivity index (χ0n) is 9.36. The van der Waals surface area contributed by atoms with Crippen molar-refractivity contribution in [3.05, 3.63) is 59.7 Å². The van der Waals surface area contributed by atoms with E-state index in [1.54, 1.807) is 0 Å². The molecule has 2 aromatic carbocycles. The van der Waals surface area contributed by atoms with E-state index in [2.05, 4.69) is 0 Å². The van der Waals surface area contributed by atoms with Crippen molar-refractivity contribution in [2.75, 3.05) is 0 Å². The van der Waals surface area contributed by atoms with Crippen molar-refractivity contribution in [1.29, 1.82) is 0 Å². The molecular formula is C14H10F2O2. The van der Waals surface area contributed by atoms with E-state index in [9.17, 15) is 13.6 Å². The van der Waals surface area contributed by atoms with Crippen LogP contribution in [0.1, 0.15) is 5.56 Å². The molecule has 1 N–H and O–H groups in total. The summed E-state index contributed by atoms with van der Waals surface area (Å²) in [5.41, 5.74) is 1.29. The second-order valence-corrected chi connectivity index (χ2v) is 3.89. The van der Waals surface area contributed by atoms with Crippen LogP contribution in [0.3, 0.4) is 0 Å². The van der Waals surface area contributed by atoms with Gasteiger partial charge in [0.2, 0.25) is 0 Å². The quantitative estimate of drug-likeness (QED) is 0.905. The number of hydrogen-bond donors (Lipinski definition) is 1. The highest BCUT2D eigenvalue weighted by atomic mass is 19.1. The number of aliphatic carboxylic acids is 1. The minimum Gasteiger partial charge on any atom is -0.481 e. The van der Waals surface area contributed by atoms with Gasteiger partial charge < -0.3 is 5.11 Å². The molecule has 4 heteroatoms. The average Bonchev–Trinajstić information content (AvgIpc) is 2.32. The maximum Gasteiger partial charge on any atom is 0.307 e. The van der Waals surface area contributed by atoms with E-state index in [0.717, 1.165) is 0 Å². The number of carboxylic acids is 1. The molecule has 2 aromatic rings. The maximum absolute atomic E-state index is 13.7. The van der Waals surface area contributed by atoms with Crippen molar-refractivity contribution in [2.45, 2.75) is 6.42 Å². The third kappa shape index (κ3) is 2.71. The predicted molar refractivity (Wildman–Crippen MR) is 63.1 cm³/mol. The molecule has 0 radical (unpaired) electrons. The lowest BCUT2D eigenvalue weighted by Gasteiger charge is -2.06. The molecule has 0 saturated heterocycles. The van der Waals surface area contributed by atoms with Crippen LogP contribution in [-0.4, -0.2) is 11.1 Å². The highest BCUT2D eigenvalue weighted by Crippen LogP contribution is 2.24. The van der Waals surface area contributed by atoms with Gasteiger partial charge in [-0.1, -0.05) is 18.2 Å². The average molecular weight is 248 g/mol. The Morgan fingerprint density at radius 3 is 2.33 bits per heavy atom. The topological polar surface area (TPSA) is 37.3 Å². The summed E-state index contributed by atoms with van der Waals surface area (Å²) in [5.74, 6) is -1.84. The van der Waals surface area contributed by atoms with Gasteiger partial charge >= 0.3 is 5.97 Å². The number of carbonyl (C=O) groups is 1. The van der Waals surface area contributed by atoms with E-state index in [1.807, 2.05) is 0 Å². The maximum atomic E-state index is 13.7. The van der Waals surface area contributed by atoms with Gasteiger partial charge in [-0.15, -0.1) is 0 Å². The van der Waals surface area contributed by atoms with Crippen LogP contribution in [0, 0.1) is 11.6 Å². The van der Waals surface area contributed by atoms with Crippen LogP contribution < -0.4 is 0 Å². The van der Waals surface area contributed by atoms with E-state index in [-0.39, 0.29) is 12.0 Å². The Kier molecular flexibility index (Phi) is 3.37. The highest BCUT2D eigenvalue weighted by molar-refractivity contribution is 5.72. The van der Waals surface area contributed by atoms with Gasteiger partial charge in [0, 0.05) is 5.56 Å². The Balaban J connectivity index is 2.42. The van der Waals surface area contributed by atoms with Crippen molar-refractivity contribution >= 4 is 5.97 Å². The third-order valence-electron chi connectivity index (χ3n) is 2.54. The molecule has 0 amide bonds. The number of rotatable bonds is 3. The summed E-state index contributed by atoms with van der Waals surface area (Å²) >= 11 is 0. The lowest BCUT2D eigenvalue weighted by atomic mass is 10.0.